The maximum absolute atomic E-state index is 12.6. The minimum atomic E-state index is 0.248. The molecule has 0 N–H and O–H groups in total. The number of likely N-dealkylation sites (N-methyl/N-ethyl adjacent to an activating group) is 1. The number of nitrogens with zero attached hydrogens (tertiary/aromatic N) is 2. The average molecular weight is 284 g/mol. The molecule has 0 atom stereocenters. The van der Waals surface area contributed by atoms with E-state index in [-0.39, 0.29) is 5.91 Å². The van der Waals surface area contributed by atoms with Gasteiger partial charge in [-0.1, -0.05) is 37.5 Å². The second kappa shape index (κ2) is 5.92. The molecule has 1 aromatic carbocycles. The number of aryl methyl sites for hydroxylation is 1. The van der Waals surface area contributed by atoms with Crippen molar-refractivity contribution in [1.82, 2.24) is 9.47 Å². The molecule has 1 amide bonds. The number of hydrogen-bond acceptors (Lipinski definition) is 1. The molecule has 1 heterocycles. The minimum Gasteiger partial charge on any atom is -0.350 e. The first kappa shape index (κ1) is 14.2. The molecule has 2 aromatic rings. The molecule has 3 rings (SSSR count). The molecule has 0 bridgehead atoms. The molecule has 0 unspecified atom stereocenters. The van der Waals surface area contributed by atoms with Crippen molar-refractivity contribution >= 4 is 16.8 Å². The summed E-state index contributed by atoms with van der Waals surface area (Å²) in [5, 5.41) is 1.20. The molecule has 1 saturated carbocycles. The van der Waals surface area contributed by atoms with Gasteiger partial charge in [-0.15, -0.1) is 0 Å². The zero-order valence-electron chi connectivity index (χ0n) is 13.0. The van der Waals surface area contributed by atoms with Crippen LogP contribution in [0, 0.1) is 0 Å². The number of carbonyl (C=O) groups excluding carboxylic acids is 1. The van der Waals surface area contributed by atoms with Crippen molar-refractivity contribution in [1.29, 1.82) is 0 Å². The summed E-state index contributed by atoms with van der Waals surface area (Å²) in [5.74, 6) is 0.248. The fraction of sp³-hybridized carbons (Fsp3) is 0.500. The molecule has 3 nitrogen and oxygen atoms in total. The van der Waals surface area contributed by atoms with Gasteiger partial charge in [0.2, 0.25) is 5.91 Å². The number of carbonyl (C=O) groups is 1. The van der Waals surface area contributed by atoms with Gasteiger partial charge in [0.1, 0.15) is 0 Å². The van der Waals surface area contributed by atoms with Crippen LogP contribution >= 0.6 is 0 Å². The summed E-state index contributed by atoms with van der Waals surface area (Å²) >= 11 is 0. The number of fused-ring (bicyclic) bond motifs is 1. The fourth-order valence-electron chi connectivity index (χ4n) is 3.53. The first-order valence-corrected chi connectivity index (χ1v) is 7.95. The highest BCUT2D eigenvalue weighted by Gasteiger charge is 2.22. The number of aromatic nitrogens is 1. The summed E-state index contributed by atoms with van der Waals surface area (Å²) in [6, 6.07) is 8.75. The molecule has 0 saturated heterocycles. The van der Waals surface area contributed by atoms with Crippen LogP contribution in [0.1, 0.15) is 37.7 Å². The quantitative estimate of drug-likeness (QED) is 0.846. The van der Waals surface area contributed by atoms with Gasteiger partial charge >= 0.3 is 0 Å². The maximum Gasteiger partial charge on any atom is 0.227 e. The van der Waals surface area contributed by atoms with E-state index in [1.54, 1.807) is 0 Å². The Hall–Kier alpha value is -1.77. The smallest absolute Gasteiger partial charge is 0.227 e. The highest BCUT2D eigenvalue weighted by Crippen LogP contribution is 2.24. The second-order valence-corrected chi connectivity index (χ2v) is 6.26. The molecule has 0 radical (unpaired) electrons. The summed E-state index contributed by atoms with van der Waals surface area (Å²) in [6.45, 7) is 0. The molecule has 1 fully saturated rings. The Morgan fingerprint density at radius 2 is 1.95 bits per heavy atom. The highest BCUT2D eigenvalue weighted by molar-refractivity contribution is 5.89. The average Bonchev–Trinajstić information content (AvgIpc) is 2.84. The van der Waals surface area contributed by atoms with E-state index < -0.39 is 0 Å². The third-order valence-corrected chi connectivity index (χ3v) is 4.84. The van der Waals surface area contributed by atoms with Crippen molar-refractivity contribution in [3.8, 4) is 0 Å². The van der Waals surface area contributed by atoms with Gasteiger partial charge in [-0.2, -0.15) is 0 Å². The highest BCUT2D eigenvalue weighted by atomic mass is 16.2. The van der Waals surface area contributed by atoms with E-state index in [4.69, 9.17) is 0 Å². The Morgan fingerprint density at radius 1 is 1.24 bits per heavy atom. The Morgan fingerprint density at radius 3 is 2.71 bits per heavy atom. The van der Waals surface area contributed by atoms with Crippen LogP contribution in [0.3, 0.4) is 0 Å². The molecule has 1 aromatic heterocycles. The maximum atomic E-state index is 12.6. The summed E-state index contributed by atoms with van der Waals surface area (Å²) < 4.78 is 2.11. The number of hydrogen-bond donors (Lipinski definition) is 0. The zero-order valence-corrected chi connectivity index (χ0v) is 13.0. The Kier molecular flexibility index (Phi) is 4.00. The normalized spacial score (nSPS) is 16.3. The number of rotatable bonds is 3. The van der Waals surface area contributed by atoms with E-state index in [2.05, 4.69) is 22.9 Å². The molecular weight excluding hydrogens is 260 g/mol. The Labute approximate surface area is 126 Å². The molecule has 1 aliphatic rings. The van der Waals surface area contributed by atoms with Crippen LogP contribution in [0.5, 0.6) is 0 Å². The summed E-state index contributed by atoms with van der Waals surface area (Å²) in [6.07, 6.45) is 8.77. The predicted octanol–water partition coefficient (Wildman–Crippen LogP) is 3.51. The van der Waals surface area contributed by atoms with Gasteiger partial charge in [0.05, 0.1) is 6.42 Å². The molecule has 0 spiro atoms. The molecule has 0 aliphatic heterocycles. The lowest BCUT2D eigenvalue weighted by Crippen LogP contribution is -2.39. The van der Waals surface area contributed by atoms with Crippen LogP contribution in [0.2, 0.25) is 0 Å². The van der Waals surface area contributed by atoms with Crippen molar-refractivity contribution in [2.24, 2.45) is 7.05 Å². The Bertz CT molecular complexity index is 638. The first-order valence-electron chi connectivity index (χ1n) is 7.95. The standard InChI is InChI=1S/C18H24N2O/c1-19-13-14(16-10-6-7-11-17(16)19)12-18(21)20(2)15-8-4-3-5-9-15/h6-7,10-11,13,15H,3-5,8-9,12H2,1-2H3. The van der Waals surface area contributed by atoms with E-state index in [1.807, 2.05) is 31.1 Å². The third kappa shape index (κ3) is 2.82. The van der Waals surface area contributed by atoms with E-state index in [9.17, 15) is 4.79 Å². The van der Waals surface area contributed by atoms with Crippen molar-refractivity contribution in [2.45, 2.75) is 44.6 Å². The van der Waals surface area contributed by atoms with Gasteiger partial charge < -0.3 is 9.47 Å². The van der Waals surface area contributed by atoms with E-state index in [0.717, 1.165) is 18.4 Å². The van der Waals surface area contributed by atoms with Crippen LogP contribution < -0.4 is 0 Å². The van der Waals surface area contributed by atoms with Gasteiger partial charge in [0, 0.05) is 37.2 Å². The lowest BCUT2D eigenvalue weighted by Gasteiger charge is -2.31. The van der Waals surface area contributed by atoms with Gasteiger partial charge in [0.15, 0.2) is 0 Å². The Balaban J connectivity index is 1.76. The number of para-hydroxylation sites is 1. The van der Waals surface area contributed by atoms with Crippen molar-refractivity contribution in [3.05, 3.63) is 36.0 Å². The minimum absolute atomic E-state index is 0.248. The molecule has 21 heavy (non-hydrogen) atoms. The largest absolute Gasteiger partial charge is 0.350 e. The fourth-order valence-corrected chi connectivity index (χ4v) is 3.53. The number of benzene rings is 1. The summed E-state index contributed by atoms with van der Waals surface area (Å²) in [7, 11) is 4.02. The van der Waals surface area contributed by atoms with E-state index in [0.29, 0.717) is 12.5 Å². The number of amides is 1. The SMILES string of the molecule is CN(C(=O)Cc1cn(C)c2ccccc12)C1CCCCC1. The van der Waals surface area contributed by atoms with Crippen LogP contribution in [0.25, 0.3) is 10.9 Å². The predicted molar refractivity (Wildman–Crippen MR) is 86.3 cm³/mol. The van der Waals surface area contributed by atoms with Crippen molar-refractivity contribution < 1.29 is 4.79 Å². The van der Waals surface area contributed by atoms with E-state index >= 15 is 0 Å². The molecular formula is C18H24N2O. The van der Waals surface area contributed by atoms with Crippen LogP contribution in [0.15, 0.2) is 30.5 Å². The lowest BCUT2D eigenvalue weighted by atomic mass is 9.94. The lowest BCUT2D eigenvalue weighted by molar-refractivity contribution is -0.131. The first-order chi connectivity index (χ1) is 10.2. The summed E-state index contributed by atoms with van der Waals surface area (Å²) in [5.41, 5.74) is 2.33. The summed E-state index contributed by atoms with van der Waals surface area (Å²) in [4.78, 5) is 14.6. The molecule has 1 aliphatic carbocycles. The van der Waals surface area contributed by atoms with Crippen molar-refractivity contribution in [2.75, 3.05) is 7.05 Å². The van der Waals surface area contributed by atoms with Gasteiger partial charge in [-0.25, -0.2) is 0 Å². The van der Waals surface area contributed by atoms with Crippen LogP contribution in [-0.2, 0) is 18.3 Å². The monoisotopic (exact) mass is 284 g/mol. The van der Waals surface area contributed by atoms with Crippen molar-refractivity contribution in [3.63, 3.8) is 0 Å². The van der Waals surface area contributed by atoms with Gasteiger partial charge in [-0.3, -0.25) is 4.79 Å². The molecule has 112 valence electrons. The third-order valence-electron chi connectivity index (χ3n) is 4.84. The molecule has 3 heteroatoms. The van der Waals surface area contributed by atoms with Gasteiger partial charge in [-0.05, 0) is 24.5 Å². The van der Waals surface area contributed by atoms with Crippen LogP contribution in [0.4, 0.5) is 0 Å². The van der Waals surface area contributed by atoms with Crippen LogP contribution in [-0.4, -0.2) is 28.5 Å². The topological polar surface area (TPSA) is 25.2 Å². The van der Waals surface area contributed by atoms with Gasteiger partial charge in [0.25, 0.3) is 0 Å². The zero-order chi connectivity index (χ0) is 14.8. The van der Waals surface area contributed by atoms with E-state index in [1.165, 1.54) is 30.2 Å². The second-order valence-electron chi connectivity index (χ2n) is 6.26.